The number of nitrogens with one attached hydrogen (secondary N) is 1. The van der Waals surface area contributed by atoms with Crippen LogP contribution >= 0.6 is 0 Å². The molecular formula is C32H37FN2O6. The molecule has 4 rings (SSSR count). The van der Waals surface area contributed by atoms with E-state index in [4.69, 9.17) is 9.47 Å². The quantitative estimate of drug-likeness (QED) is 0.254. The monoisotopic (exact) mass is 564 g/mol. The number of amides is 2. The number of aliphatic hydroxyl groups is 1. The number of rotatable bonds is 9. The number of carboxylic acids is 1. The predicted octanol–water partition coefficient (Wildman–Crippen LogP) is 7.18. The number of carboxylic acid groups (broad SMARTS) is 1. The minimum absolute atomic E-state index is 0.313. The summed E-state index contributed by atoms with van der Waals surface area (Å²) in [6.45, 7) is 8.22. The fraction of sp³-hybridized carbons (Fsp3) is 0.375. The number of hydrogen-bond donors (Lipinski definition) is 3. The summed E-state index contributed by atoms with van der Waals surface area (Å²) in [5.74, 6) is 0.494. The molecule has 0 radical (unpaired) electrons. The minimum atomic E-state index is -1.12. The van der Waals surface area contributed by atoms with Crippen LogP contribution in [0.15, 0.2) is 66.7 Å². The highest BCUT2D eigenvalue weighted by Crippen LogP contribution is 2.35. The molecule has 9 heteroatoms. The lowest BCUT2D eigenvalue weighted by Crippen LogP contribution is -2.48. The zero-order valence-corrected chi connectivity index (χ0v) is 23.8. The Morgan fingerprint density at radius 2 is 1.56 bits per heavy atom. The second kappa shape index (κ2) is 12.2. The second-order valence-corrected chi connectivity index (χ2v) is 11.5. The van der Waals surface area contributed by atoms with Gasteiger partial charge >= 0.3 is 12.0 Å². The first-order valence-corrected chi connectivity index (χ1v) is 13.7. The van der Waals surface area contributed by atoms with Crippen LogP contribution in [0.3, 0.4) is 0 Å². The number of benzene rings is 3. The van der Waals surface area contributed by atoms with Gasteiger partial charge < -0.3 is 29.9 Å². The molecule has 0 bridgehead atoms. The predicted molar refractivity (Wildman–Crippen MR) is 154 cm³/mol. The SMILES string of the molecule is CC(C)CC1(O)CCN(C(=O)Nc2cc(Oc3ccc(F)cc3)cc(Oc3cccc(C(C)(C)C(=O)O)c3)c2)CC1. The van der Waals surface area contributed by atoms with E-state index in [1.165, 1.54) is 24.3 Å². The van der Waals surface area contributed by atoms with Crippen molar-refractivity contribution in [2.45, 2.75) is 58.0 Å². The Morgan fingerprint density at radius 3 is 2.15 bits per heavy atom. The summed E-state index contributed by atoms with van der Waals surface area (Å²) in [6, 6.07) is 16.9. The smallest absolute Gasteiger partial charge is 0.321 e. The normalized spacial score (nSPS) is 15.0. The van der Waals surface area contributed by atoms with Gasteiger partial charge in [0.05, 0.1) is 11.0 Å². The molecule has 1 aliphatic rings. The average Bonchev–Trinajstić information content (AvgIpc) is 2.89. The number of urea groups is 1. The van der Waals surface area contributed by atoms with Crippen LogP contribution in [0.4, 0.5) is 14.9 Å². The number of carbonyl (C=O) groups excluding carboxylic acids is 1. The summed E-state index contributed by atoms with van der Waals surface area (Å²) in [6.07, 6.45) is 1.70. The average molecular weight is 565 g/mol. The molecule has 0 aromatic heterocycles. The Bertz CT molecular complexity index is 1380. The van der Waals surface area contributed by atoms with Crippen LogP contribution in [-0.4, -0.2) is 45.8 Å². The lowest BCUT2D eigenvalue weighted by atomic mass is 9.84. The molecule has 3 N–H and O–H groups in total. The standard InChI is InChI=1S/C32H37FN2O6/c1-21(2)20-32(39)12-14-35(15-13-32)30(38)34-24-17-27(40-25-10-8-23(33)9-11-25)19-28(18-24)41-26-7-5-6-22(16-26)31(3,4)29(36)37/h5-11,16-19,21,39H,12-15,20H2,1-4H3,(H,34,38)(H,36,37). The Morgan fingerprint density at radius 1 is 0.951 bits per heavy atom. The minimum Gasteiger partial charge on any atom is -0.481 e. The topological polar surface area (TPSA) is 108 Å². The number of aliphatic carboxylic acids is 1. The highest BCUT2D eigenvalue weighted by atomic mass is 19.1. The van der Waals surface area contributed by atoms with Crippen LogP contribution in [0.25, 0.3) is 0 Å². The van der Waals surface area contributed by atoms with Gasteiger partial charge in [-0.15, -0.1) is 0 Å². The fourth-order valence-electron chi connectivity index (χ4n) is 4.90. The molecule has 1 aliphatic heterocycles. The molecule has 8 nitrogen and oxygen atoms in total. The van der Waals surface area contributed by atoms with Gasteiger partial charge in [0, 0.05) is 37.0 Å². The molecule has 3 aromatic rings. The summed E-state index contributed by atoms with van der Waals surface area (Å²) in [4.78, 5) is 26.6. The molecule has 2 amide bonds. The zero-order chi connectivity index (χ0) is 29.8. The van der Waals surface area contributed by atoms with Crippen LogP contribution in [0.2, 0.25) is 0 Å². The van der Waals surface area contributed by atoms with E-state index in [0.717, 1.165) is 0 Å². The first-order chi connectivity index (χ1) is 19.3. The van der Waals surface area contributed by atoms with Gasteiger partial charge in [0.25, 0.3) is 0 Å². The number of ether oxygens (including phenoxy) is 2. The van der Waals surface area contributed by atoms with E-state index >= 15 is 0 Å². The van der Waals surface area contributed by atoms with Crippen molar-refractivity contribution in [1.29, 1.82) is 0 Å². The molecule has 1 fully saturated rings. The molecule has 0 saturated carbocycles. The molecule has 1 saturated heterocycles. The van der Waals surface area contributed by atoms with Crippen molar-refractivity contribution in [2.24, 2.45) is 5.92 Å². The van der Waals surface area contributed by atoms with E-state index in [2.05, 4.69) is 19.2 Å². The lowest BCUT2D eigenvalue weighted by Gasteiger charge is -2.39. The highest BCUT2D eigenvalue weighted by Gasteiger charge is 2.34. The number of carbonyl (C=O) groups is 2. The summed E-state index contributed by atoms with van der Waals surface area (Å²) < 4.78 is 25.4. The van der Waals surface area contributed by atoms with Gasteiger partial charge in [-0.05, 0) is 81.0 Å². The largest absolute Gasteiger partial charge is 0.481 e. The van der Waals surface area contributed by atoms with Crippen LogP contribution < -0.4 is 14.8 Å². The van der Waals surface area contributed by atoms with Crippen LogP contribution in [-0.2, 0) is 10.2 Å². The van der Waals surface area contributed by atoms with Crippen molar-refractivity contribution >= 4 is 17.7 Å². The highest BCUT2D eigenvalue weighted by molar-refractivity contribution is 5.90. The van der Waals surface area contributed by atoms with Gasteiger partial charge in [-0.2, -0.15) is 0 Å². The number of halogens is 1. The van der Waals surface area contributed by atoms with Crippen molar-refractivity contribution in [3.05, 3.63) is 78.1 Å². The summed E-state index contributed by atoms with van der Waals surface area (Å²) in [5.41, 5.74) is -0.910. The Kier molecular flexibility index (Phi) is 8.87. The van der Waals surface area contributed by atoms with Gasteiger partial charge in [0.1, 0.15) is 28.8 Å². The third kappa shape index (κ3) is 7.76. The Hall–Kier alpha value is -4.11. The maximum absolute atomic E-state index is 13.4. The lowest BCUT2D eigenvalue weighted by molar-refractivity contribution is -0.142. The number of likely N-dealkylation sites (tertiary alicyclic amines) is 1. The summed E-state index contributed by atoms with van der Waals surface area (Å²) >= 11 is 0. The van der Waals surface area contributed by atoms with Crippen molar-refractivity contribution in [1.82, 2.24) is 4.90 Å². The van der Waals surface area contributed by atoms with Gasteiger partial charge in [0.15, 0.2) is 0 Å². The van der Waals surface area contributed by atoms with Crippen LogP contribution in [0, 0.1) is 11.7 Å². The molecular weight excluding hydrogens is 527 g/mol. The molecule has 0 spiro atoms. The van der Waals surface area contributed by atoms with Gasteiger partial charge in [-0.3, -0.25) is 4.79 Å². The molecule has 3 aromatic carbocycles. The van der Waals surface area contributed by atoms with E-state index in [1.54, 1.807) is 61.2 Å². The van der Waals surface area contributed by atoms with Gasteiger partial charge in [0.2, 0.25) is 0 Å². The Labute approximate surface area is 239 Å². The second-order valence-electron chi connectivity index (χ2n) is 11.5. The molecule has 0 aliphatic carbocycles. The molecule has 0 unspecified atom stereocenters. The molecule has 0 atom stereocenters. The molecule has 218 valence electrons. The Balaban J connectivity index is 1.56. The van der Waals surface area contributed by atoms with Gasteiger partial charge in [-0.1, -0.05) is 26.0 Å². The summed E-state index contributed by atoms with van der Waals surface area (Å²) in [7, 11) is 0. The van der Waals surface area contributed by atoms with E-state index < -0.39 is 22.8 Å². The van der Waals surface area contributed by atoms with E-state index in [0.29, 0.717) is 72.5 Å². The third-order valence-electron chi connectivity index (χ3n) is 7.28. The number of anilines is 1. The maximum atomic E-state index is 13.4. The first kappa shape index (κ1) is 29.9. The number of nitrogens with zero attached hydrogens (tertiary/aromatic N) is 1. The van der Waals surface area contributed by atoms with Crippen LogP contribution in [0.1, 0.15) is 52.5 Å². The number of hydrogen-bond acceptors (Lipinski definition) is 5. The fourth-order valence-corrected chi connectivity index (χ4v) is 4.90. The van der Waals surface area contributed by atoms with Crippen molar-refractivity contribution in [3.8, 4) is 23.0 Å². The summed E-state index contributed by atoms with van der Waals surface area (Å²) in [5, 5.41) is 23.4. The third-order valence-corrected chi connectivity index (χ3v) is 7.28. The van der Waals surface area contributed by atoms with E-state index in [1.807, 2.05) is 0 Å². The molecule has 41 heavy (non-hydrogen) atoms. The van der Waals surface area contributed by atoms with Gasteiger partial charge in [-0.25, -0.2) is 9.18 Å². The molecule has 1 heterocycles. The number of piperidine rings is 1. The zero-order valence-electron chi connectivity index (χ0n) is 23.8. The van der Waals surface area contributed by atoms with Crippen LogP contribution in [0.5, 0.6) is 23.0 Å². The van der Waals surface area contributed by atoms with Crippen molar-refractivity contribution in [3.63, 3.8) is 0 Å². The van der Waals surface area contributed by atoms with Crippen molar-refractivity contribution < 1.29 is 33.7 Å². The van der Waals surface area contributed by atoms with Crippen molar-refractivity contribution in [2.75, 3.05) is 18.4 Å². The van der Waals surface area contributed by atoms with E-state index in [-0.39, 0.29) is 6.03 Å². The maximum Gasteiger partial charge on any atom is 0.321 e. The first-order valence-electron chi connectivity index (χ1n) is 13.7. The van der Waals surface area contributed by atoms with E-state index in [9.17, 15) is 24.2 Å².